The van der Waals surface area contributed by atoms with Gasteiger partial charge in [-0.25, -0.2) is 0 Å². The van der Waals surface area contributed by atoms with Crippen LogP contribution >= 0.6 is 0 Å². The summed E-state index contributed by atoms with van der Waals surface area (Å²) in [5.41, 5.74) is 1.38. The third kappa shape index (κ3) is 5.73. The maximum Gasteiger partial charge on any atom is 0.289 e. The van der Waals surface area contributed by atoms with Gasteiger partial charge >= 0.3 is 0 Å². The molecule has 0 N–H and O–H groups in total. The molecule has 0 bridgehead atoms. The normalized spacial score (nSPS) is 15.8. The Balaban J connectivity index is 1.55. The van der Waals surface area contributed by atoms with E-state index in [9.17, 15) is 4.79 Å². The number of nitrogens with zero attached hydrogens (tertiary/aromatic N) is 2. The number of benzene rings is 1. The zero-order valence-corrected chi connectivity index (χ0v) is 17.8. The van der Waals surface area contributed by atoms with Crippen molar-refractivity contribution < 1.29 is 13.9 Å². The van der Waals surface area contributed by atoms with Gasteiger partial charge in [0.2, 0.25) is 0 Å². The fourth-order valence-electron chi connectivity index (χ4n) is 3.47. The Labute approximate surface area is 173 Å². The molecule has 1 aliphatic heterocycles. The molecule has 156 valence electrons. The second kappa shape index (κ2) is 9.31. The number of ether oxygens (including phenoxy) is 1. The first kappa shape index (κ1) is 21.2. The van der Waals surface area contributed by atoms with E-state index in [4.69, 9.17) is 9.15 Å². The van der Waals surface area contributed by atoms with Crippen LogP contribution in [0.25, 0.3) is 0 Å². The summed E-state index contributed by atoms with van der Waals surface area (Å²) in [6.07, 6.45) is 2.87. The van der Waals surface area contributed by atoms with Crippen LogP contribution in [0.1, 0.15) is 49.1 Å². The van der Waals surface area contributed by atoms with Gasteiger partial charge in [0.1, 0.15) is 18.1 Å². The van der Waals surface area contributed by atoms with E-state index in [1.165, 1.54) is 5.56 Å². The quantitative estimate of drug-likeness (QED) is 0.675. The number of carbonyl (C=O) groups is 1. The third-order valence-corrected chi connectivity index (χ3v) is 5.24. The Kier molecular flexibility index (Phi) is 6.80. The van der Waals surface area contributed by atoms with Crippen LogP contribution in [0.5, 0.6) is 5.75 Å². The summed E-state index contributed by atoms with van der Waals surface area (Å²) in [7, 11) is 0. The summed E-state index contributed by atoms with van der Waals surface area (Å²) in [5, 5.41) is 0. The van der Waals surface area contributed by atoms with E-state index in [0.29, 0.717) is 24.7 Å². The van der Waals surface area contributed by atoms with Gasteiger partial charge in [-0.1, -0.05) is 39.0 Å². The standard InChI is InChI=1S/C24H32N2O3/c1-5-13-25-14-6-15-26(17-16-25)23(27)22-12-11-21(29-22)18-28-20-9-7-19(8-10-20)24(2,3)4/h5,7-12H,1,6,13-18H2,2-4H3. The van der Waals surface area contributed by atoms with E-state index in [-0.39, 0.29) is 11.3 Å². The minimum atomic E-state index is -0.0498. The molecule has 29 heavy (non-hydrogen) atoms. The topological polar surface area (TPSA) is 45.9 Å². The van der Waals surface area contributed by atoms with Crippen LogP contribution in [0.4, 0.5) is 0 Å². The lowest BCUT2D eigenvalue weighted by Crippen LogP contribution is -2.35. The summed E-state index contributed by atoms with van der Waals surface area (Å²) in [6.45, 7) is 14.8. The van der Waals surface area contributed by atoms with E-state index >= 15 is 0 Å². The lowest BCUT2D eigenvalue weighted by Gasteiger charge is -2.20. The number of carbonyl (C=O) groups excluding carboxylic acids is 1. The summed E-state index contributed by atoms with van der Waals surface area (Å²) in [4.78, 5) is 17.0. The summed E-state index contributed by atoms with van der Waals surface area (Å²) in [5.74, 6) is 1.77. The number of rotatable bonds is 6. The SMILES string of the molecule is C=CCN1CCCN(C(=O)c2ccc(COc3ccc(C(C)(C)C)cc3)o2)CC1. The Morgan fingerprint density at radius 3 is 2.55 bits per heavy atom. The van der Waals surface area contributed by atoms with Crippen molar-refractivity contribution in [3.8, 4) is 5.75 Å². The van der Waals surface area contributed by atoms with Crippen molar-refractivity contribution in [2.45, 2.75) is 39.2 Å². The second-order valence-corrected chi connectivity index (χ2v) is 8.56. The summed E-state index contributed by atoms with van der Waals surface area (Å²) in [6, 6.07) is 11.7. The van der Waals surface area contributed by atoms with Gasteiger partial charge in [-0.05, 0) is 41.7 Å². The zero-order chi connectivity index (χ0) is 20.9. The average Bonchev–Trinajstić information content (AvgIpc) is 3.05. The lowest BCUT2D eigenvalue weighted by atomic mass is 9.87. The summed E-state index contributed by atoms with van der Waals surface area (Å²) < 4.78 is 11.6. The number of furan rings is 1. The van der Waals surface area contributed by atoms with Crippen LogP contribution in [-0.4, -0.2) is 48.4 Å². The molecule has 1 aliphatic rings. The first-order valence-corrected chi connectivity index (χ1v) is 10.3. The molecule has 0 atom stereocenters. The van der Waals surface area contributed by atoms with Crippen molar-refractivity contribution in [3.05, 3.63) is 66.1 Å². The van der Waals surface area contributed by atoms with Crippen molar-refractivity contribution in [2.75, 3.05) is 32.7 Å². The van der Waals surface area contributed by atoms with Gasteiger partial charge in [0.25, 0.3) is 5.91 Å². The van der Waals surface area contributed by atoms with Crippen molar-refractivity contribution in [1.82, 2.24) is 9.80 Å². The molecule has 0 spiro atoms. The van der Waals surface area contributed by atoms with Crippen molar-refractivity contribution >= 4 is 5.91 Å². The van der Waals surface area contributed by atoms with Crippen molar-refractivity contribution in [2.24, 2.45) is 0 Å². The molecule has 1 fully saturated rings. The van der Waals surface area contributed by atoms with Gasteiger partial charge in [-0.2, -0.15) is 0 Å². The van der Waals surface area contributed by atoms with Crippen LogP contribution in [-0.2, 0) is 12.0 Å². The predicted molar refractivity (Wildman–Crippen MR) is 115 cm³/mol. The van der Waals surface area contributed by atoms with Gasteiger partial charge in [0.15, 0.2) is 5.76 Å². The molecule has 0 unspecified atom stereocenters. The van der Waals surface area contributed by atoms with E-state index < -0.39 is 0 Å². The highest BCUT2D eigenvalue weighted by atomic mass is 16.5. The highest BCUT2D eigenvalue weighted by molar-refractivity contribution is 5.91. The molecule has 1 aromatic heterocycles. The van der Waals surface area contributed by atoms with Crippen LogP contribution in [0.15, 0.2) is 53.5 Å². The van der Waals surface area contributed by atoms with Crippen molar-refractivity contribution in [1.29, 1.82) is 0 Å². The first-order valence-electron chi connectivity index (χ1n) is 10.3. The maximum atomic E-state index is 12.8. The van der Waals surface area contributed by atoms with Gasteiger partial charge in [-0.3, -0.25) is 9.69 Å². The van der Waals surface area contributed by atoms with Crippen LogP contribution in [0.2, 0.25) is 0 Å². The highest BCUT2D eigenvalue weighted by Gasteiger charge is 2.22. The molecule has 2 heterocycles. The van der Waals surface area contributed by atoms with E-state index in [2.05, 4.69) is 44.4 Å². The molecule has 5 heteroatoms. The van der Waals surface area contributed by atoms with Gasteiger partial charge in [0, 0.05) is 32.7 Å². The zero-order valence-electron chi connectivity index (χ0n) is 17.8. The molecule has 5 nitrogen and oxygen atoms in total. The number of hydrogen-bond acceptors (Lipinski definition) is 4. The largest absolute Gasteiger partial charge is 0.486 e. The fourth-order valence-corrected chi connectivity index (χ4v) is 3.47. The number of amides is 1. The molecule has 0 aliphatic carbocycles. The Hall–Kier alpha value is -2.53. The molecule has 3 rings (SSSR count). The molecule has 1 amide bonds. The number of hydrogen-bond donors (Lipinski definition) is 0. The Morgan fingerprint density at radius 1 is 1.10 bits per heavy atom. The molecular weight excluding hydrogens is 364 g/mol. The highest BCUT2D eigenvalue weighted by Crippen LogP contribution is 2.25. The van der Waals surface area contributed by atoms with Gasteiger partial charge in [-0.15, -0.1) is 6.58 Å². The first-order chi connectivity index (χ1) is 13.9. The van der Waals surface area contributed by atoms with Crippen LogP contribution < -0.4 is 4.74 Å². The van der Waals surface area contributed by atoms with E-state index in [1.54, 1.807) is 6.07 Å². The minimum absolute atomic E-state index is 0.0498. The molecule has 0 radical (unpaired) electrons. The molecule has 0 saturated carbocycles. The third-order valence-electron chi connectivity index (χ3n) is 5.24. The van der Waals surface area contributed by atoms with Crippen LogP contribution in [0.3, 0.4) is 0 Å². The van der Waals surface area contributed by atoms with Crippen LogP contribution in [0, 0.1) is 0 Å². The maximum absolute atomic E-state index is 12.8. The Morgan fingerprint density at radius 2 is 1.86 bits per heavy atom. The van der Waals surface area contributed by atoms with Crippen molar-refractivity contribution in [3.63, 3.8) is 0 Å². The molecule has 1 aromatic carbocycles. The average molecular weight is 397 g/mol. The molecular formula is C24H32N2O3. The summed E-state index contributed by atoms with van der Waals surface area (Å²) >= 11 is 0. The van der Waals surface area contributed by atoms with Gasteiger partial charge < -0.3 is 14.1 Å². The van der Waals surface area contributed by atoms with Gasteiger partial charge in [0.05, 0.1) is 0 Å². The monoisotopic (exact) mass is 396 g/mol. The minimum Gasteiger partial charge on any atom is -0.486 e. The molecule has 1 saturated heterocycles. The van der Waals surface area contributed by atoms with E-state index in [0.717, 1.165) is 38.3 Å². The predicted octanol–water partition coefficient (Wildman–Crippen LogP) is 4.49. The smallest absolute Gasteiger partial charge is 0.289 e. The molecule has 2 aromatic rings. The Bertz CT molecular complexity index is 817. The second-order valence-electron chi connectivity index (χ2n) is 8.56. The lowest BCUT2D eigenvalue weighted by molar-refractivity contribution is 0.0726. The van der Waals surface area contributed by atoms with E-state index in [1.807, 2.05) is 29.2 Å². The fraction of sp³-hybridized carbons (Fsp3) is 0.458.